The smallest absolute Gasteiger partial charge is 0.326 e. The maximum absolute atomic E-state index is 14.5. The van der Waals surface area contributed by atoms with Gasteiger partial charge in [0, 0.05) is 6.42 Å². The van der Waals surface area contributed by atoms with Gasteiger partial charge in [-0.15, -0.1) is 0 Å². The number of unbranched alkanes of at least 4 members (excludes halogenated alkanes) is 1. The van der Waals surface area contributed by atoms with Gasteiger partial charge in [-0.05, 0) is 75.3 Å². The molecule has 0 aliphatic heterocycles. The van der Waals surface area contributed by atoms with Gasteiger partial charge in [0.05, 0.1) is 57.7 Å². The van der Waals surface area contributed by atoms with Crippen LogP contribution in [0.25, 0.3) is 0 Å². The molecule has 0 bridgehead atoms. The number of aliphatic carboxylic acids is 5. The topological polar surface area (TPSA) is 761 Å². The van der Waals surface area contributed by atoms with Crippen LogP contribution in [0.5, 0.6) is 0 Å². The Kier molecular flexibility index (Phi) is 45.7. The van der Waals surface area contributed by atoms with E-state index in [0.29, 0.717) is 12.0 Å². The lowest BCUT2D eigenvalue weighted by Crippen LogP contribution is -2.61. The number of carbonyl (C=O) groups excluding carboxylic acids is 17. The maximum Gasteiger partial charge on any atom is 0.326 e. The minimum atomic E-state index is -2.12. The Morgan fingerprint density at radius 2 is 0.703 bits per heavy atom. The fraction of sp³-hybridized carbons (Fsp3) is 0.611. The molecule has 0 unspecified atom stereocenters. The highest BCUT2D eigenvalue weighted by Crippen LogP contribution is 2.16. The van der Waals surface area contributed by atoms with Crippen LogP contribution in [0.4, 0.5) is 0 Å². The maximum atomic E-state index is 14.5. The second-order valence-corrected chi connectivity index (χ2v) is 28.8. The highest BCUT2D eigenvalue weighted by molar-refractivity contribution is 6.03. The SMILES string of the molecule is CC[C@H](C)[C@H](NC(=O)CNC(=O)[C@H](CC(=O)O)NC(=O)[C@H](CC(=O)O)NC(=O)[C@@H](NC(=O)[C@H](CC(N)=O)NC(=O)CNC(=O)[C@H](C)NC(=O)[C@H](CC(=O)O)NC(=O)[C@H](CC(C)C)NC(=O)[C@@H](NC(=O)[C@H](CCCCN)NC(=O)[C@H](CC(N)=O)NC(=O)[C@H](Cc1ccccc1)NC(=O)[C@H](CC(=O)O)NC(=O)[C@H](C)N)[C@@H](C)CC)C(C)C)C(=O)O. The lowest BCUT2D eigenvalue weighted by molar-refractivity contribution is -0.144. The molecular weight excluding hydrogens is 1560 g/mol. The molecule has 16 atom stereocenters. The number of nitrogens with one attached hydrogen (secondary N) is 15. The Balaban J connectivity index is 3.44. The largest absolute Gasteiger partial charge is 0.481 e. The highest BCUT2D eigenvalue weighted by atomic mass is 16.4. The van der Waals surface area contributed by atoms with Crippen LogP contribution in [0.15, 0.2) is 30.3 Å². The number of primary amides is 2. The van der Waals surface area contributed by atoms with Crippen molar-refractivity contribution in [3.05, 3.63) is 35.9 Å². The molecule has 0 fully saturated rings. The van der Waals surface area contributed by atoms with Gasteiger partial charge >= 0.3 is 29.8 Å². The molecular formula is C72H113N19O27. The second-order valence-electron chi connectivity index (χ2n) is 28.8. The number of carboxylic acid groups (broad SMARTS) is 5. The van der Waals surface area contributed by atoms with Gasteiger partial charge in [-0.25, -0.2) is 4.79 Å². The molecule has 46 nitrogen and oxygen atoms in total. The van der Waals surface area contributed by atoms with Crippen molar-refractivity contribution in [2.45, 2.75) is 237 Å². The minimum absolute atomic E-state index is 0.107. The zero-order valence-electron chi connectivity index (χ0n) is 67.1. The van der Waals surface area contributed by atoms with Crippen LogP contribution in [0.2, 0.25) is 0 Å². The predicted molar refractivity (Wildman–Crippen MR) is 411 cm³/mol. The second kappa shape index (κ2) is 52.1. The lowest BCUT2D eigenvalue weighted by atomic mass is 9.96. The molecule has 28 N–H and O–H groups in total. The summed E-state index contributed by atoms with van der Waals surface area (Å²) in [4.78, 5) is 289. The molecule has 0 spiro atoms. The molecule has 118 heavy (non-hydrogen) atoms. The van der Waals surface area contributed by atoms with Crippen LogP contribution >= 0.6 is 0 Å². The number of nitrogens with two attached hydrogens (primary N) is 4. The summed E-state index contributed by atoms with van der Waals surface area (Å²) >= 11 is 0. The van der Waals surface area contributed by atoms with E-state index in [0.717, 1.165) is 6.92 Å². The van der Waals surface area contributed by atoms with Crippen molar-refractivity contribution in [2.24, 2.45) is 46.6 Å². The summed E-state index contributed by atoms with van der Waals surface area (Å²) in [5.74, 6) is -30.7. The van der Waals surface area contributed by atoms with E-state index in [1.165, 1.54) is 27.7 Å². The number of benzene rings is 1. The first kappa shape index (κ1) is 103. The molecule has 46 heteroatoms. The third-order valence-electron chi connectivity index (χ3n) is 17.8. The van der Waals surface area contributed by atoms with E-state index in [4.69, 9.17) is 22.9 Å². The first-order valence-electron chi connectivity index (χ1n) is 37.7. The number of carboxylic acids is 5. The number of rotatable bonds is 56. The highest BCUT2D eigenvalue weighted by Gasteiger charge is 2.40. The number of hydrogen-bond donors (Lipinski definition) is 24. The van der Waals surface area contributed by atoms with Gasteiger partial charge in [-0.3, -0.25) is 101 Å². The lowest BCUT2D eigenvalue weighted by Gasteiger charge is -2.30. The van der Waals surface area contributed by atoms with Gasteiger partial charge in [0.2, 0.25) is 100 Å². The zero-order valence-corrected chi connectivity index (χ0v) is 67.1. The normalized spacial score (nSPS) is 15.1. The summed E-state index contributed by atoms with van der Waals surface area (Å²) in [5, 5.41) is 81.9. The Morgan fingerprint density at radius 3 is 1.14 bits per heavy atom. The molecule has 0 saturated carbocycles. The summed E-state index contributed by atoms with van der Waals surface area (Å²) in [6.07, 6.45) is -6.10. The van der Waals surface area contributed by atoms with Gasteiger partial charge < -0.3 is 128 Å². The fourth-order valence-corrected chi connectivity index (χ4v) is 11.0. The molecule has 0 heterocycles. The van der Waals surface area contributed by atoms with Gasteiger partial charge in [-0.1, -0.05) is 98.6 Å². The molecule has 0 aliphatic carbocycles. The molecule has 658 valence electrons. The standard InChI is InChI=1S/C72H113N19O27/c1-11-34(7)57(91-62(107)39(20-16-17-21-73)81-66(111)43(25-49(76)93)84-65(110)41(23-38-18-14-13-15-19-38)83-67(112)46(28-54(100)101)82-59(104)36(9)74)71(116)87-40(22-32(3)4)64(109)86-45(27-53(98)99)63(108)79-37(10)60(105)77-30-50(94)80-42(24-48(75)92)69(114)90-56(33(5)6)70(115)88-47(29-55(102)103)68(113)85-44(26-52(96)97)61(106)78-31-51(95)89-58(72(117)118)35(8)12-2/h13-15,18-19,32-37,39-47,56-58H,11-12,16-17,20-31,73-74H2,1-10H3,(H2,75,92)(H2,76,93)(H,77,105)(H,78,106)(H,79,108)(H,80,94)(H,81,111)(H,82,104)(H,83,112)(H,84,110)(H,85,113)(H,86,109)(H,87,116)(H,88,115)(H,89,95)(H,90,114)(H,91,107)(H,96,97)(H,98,99)(H,100,101)(H,102,103)(H,117,118)/t34-,35-,36-,37-,39-,40-,41-,42-,43-,44-,45-,46-,47-,56-,57-,58-/m0/s1. The number of carbonyl (C=O) groups is 22. The van der Waals surface area contributed by atoms with Gasteiger partial charge in [0.15, 0.2) is 0 Å². The van der Waals surface area contributed by atoms with Gasteiger partial charge in [0.25, 0.3) is 0 Å². The molecule has 1 aromatic carbocycles. The van der Waals surface area contributed by atoms with E-state index < -0.39 is 290 Å². The third-order valence-corrected chi connectivity index (χ3v) is 17.8. The van der Waals surface area contributed by atoms with Gasteiger partial charge in [-0.2, -0.15) is 0 Å². The summed E-state index contributed by atoms with van der Waals surface area (Å²) in [6.45, 7) is 12.8. The van der Waals surface area contributed by atoms with E-state index in [-0.39, 0.29) is 45.1 Å². The van der Waals surface area contributed by atoms with E-state index in [2.05, 4.69) is 69.1 Å². The van der Waals surface area contributed by atoms with Crippen molar-refractivity contribution in [1.82, 2.24) is 79.8 Å². The van der Waals surface area contributed by atoms with Crippen LogP contribution in [-0.4, -0.2) is 260 Å². The third kappa shape index (κ3) is 39.2. The summed E-state index contributed by atoms with van der Waals surface area (Å²) in [7, 11) is 0. The van der Waals surface area contributed by atoms with E-state index in [1.54, 1.807) is 65.0 Å². The average molecular weight is 1680 g/mol. The molecule has 1 rings (SSSR count). The molecule has 0 radical (unpaired) electrons. The molecule has 0 saturated heterocycles. The van der Waals surface area contributed by atoms with Crippen LogP contribution in [0, 0.1) is 23.7 Å². The Labute approximate surface area is 678 Å². The Bertz CT molecular complexity index is 3750. The van der Waals surface area contributed by atoms with E-state index in [1.807, 2.05) is 10.6 Å². The first-order valence-corrected chi connectivity index (χ1v) is 37.7. The zero-order chi connectivity index (χ0) is 90.1. The summed E-state index contributed by atoms with van der Waals surface area (Å²) in [6, 6.07) is -16.1. The van der Waals surface area contributed by atoms with E-state index >= 15 is 0 Å². The first-order chi connectivity index (χ1) is 55.0. The summed E-state index contributed by atoms with van der Waals surface area (Å²) < 4.78 is 0. The van der Waals surface area contributed by atoms with Crippen molar-refractivity contribution < 1.29 is 131 Å². The van der Waals surface area contributed by atoms with Crippen molar-refractivity contribution in [3.63, 3.8) is 0 Å². The van der Waals surface area contributed by atoms with Gasteiger partial charge in [0.1, 0.15) is 78.5 Å². The molecule has 1 aromatic rings. The van der Waals surface area contributed by atoms with Crippen LogP contribution in [-0.2, 0) is 112 Å². The van der Waals surface area contributed by atoms with Crippen molar-refractivity contribution in [1.29, 1.82) is 0 Å². The monoisotopic (exact) mass is 1680 g/mol. The Hall–Kier alpha value is -12.5. The molecule has 0 aromatic heterocycles. The van der Waals surface area contributed by atoms with E-state index in [9.17, 15) is 131 Å². The molecule has 17 amide bonds. The van der Waals surface area contributed by atoms with Crippen molar-refractivity contribution in [3.8, 4) is 0 Å². The van der Waals surface area contributed by atoms with Crippen molar-refractivity contribution >= 4 is 130 Å². The van der Waals surface area contributed by atoms with Crippen LogP contribution in [0.3, 0.4) is 0 Å². The quantitative estimate of drug-likeness (QED) is 0.0269. The fourth-order valence-electron chi connectivity index (χ4n) is 11.0. The average Bonchev–Trinajstić information content (AvgIpc) is 0.845. The summed E-state index contributed by atoms with van der Waals surface area (Å²) in [5.41, 5.74) is 22.7. The number of hydrogen-bond acceptors (Lipinski definition) is 24. The number of amides is 17. The van der Waals surface area contributed by atoms with Crippen LogP contribution < -0.4 is 103 Å². The van der Waals surface area contributed by atoms with Crippen LogP contribution in [0.1, 0.15) is 152 Å². The minimum Gasteiger partial charge on any atom is -0.481 e. The Morgan fingerprint density at radius 1 is 0.356 bits per heavy atom. The predicted octanol–water partition coefficient (Wildman–Crippen LogP) is -8.21. The van der Waals surface area contributed by atoms with Crippen molar-refractivity contribution in [2.75, 3.05) is 19.6 Å². The molecule has 0 aliphatic rings.